The van der Waals surface area contributed by atoms with Crippen molar-refractivity contribution in [3.63, 3.8) is 0 Å². The van der Waals surface area contributed by atoms with Gasteiger partial charge in [0.1, 0.15) is 30.3 Å². The number of hydrogen-bond acceptors (Lipinski definition) is 7. The standard InChI is InChI=1S/C32H31ClFN5O3/c33-29-14-25(5-7-31(29)42-19-21-2-1-3-24(34)12-21)37-32-28-13-22(4-6-30(28)35-20-36-32)23-8-10-38(15-23)17-27(41)18-39-11-9-26(40)16-39/h1-8,10,12-15,20,26-27,40-41H,9,11,16-19H2,(H,35,36,37)/t26-,27?/m1/s1. The quantitative estimate of drug-likeness (QED) is 0.195. The van der Waals surface area contributed by atoms with E-state index < -0.39 is 6.10 Å². The number of aliphatic hydroxyl groups excluding tert-OH is 2. The minimum atomic E-state index is -0.527. The number of hydrogen-bond donors (Lipinski definition) is 3. The van der Waals surface area contributed by atoms with Crippen LogP contribution in [0.25, 0.3) is 22.0 Å². The van der Waals surface area contributed by atoms with Crippen LogP contribution in [-0.4, -0.2) is 61.5 Å². The predicted molar refractivity (Wildman–Crippen MR) is 162 cm³/mol. The Balaban J connectivity index is 1.15. The minimum Gasteiger partial charge on any atom is -0.487 e. The van der Waals surface area contributed by atoms with Gasteiger partial charge in [0, 0.05) is 49.6 Å². The lowest BCUT2D eigenvalue weighted by Crippen LogP contribution is -2.33. The highest BCUT2D eigenvalue weighted by Crippen LogP contribution is 2.32. The number of rotatable bonds is 10. The zero-order valence-electron chi connectivity index (χ0n) is 22.8. The van der Waals surface area contributed by atoms with Gasteiger partial charge in [-0.1, -0.05) is 29.8 Å². The third-order valence-corrected chi connectivity index (χ3v) is 7.63. The second kappa shape index (κ2) is 12.5. The number of fused-ring (bicyclic) bond motifs is 1. The van der Waals surface area contributed by atoms with Gasteiger partial charge in [0.25, 0.3) is 0 Å². The number of halogens is 2. The molecule has 3 N–H and O–H groups in total. The van der Waals surface area contributed by atoms with E-state index in [2.05, 4.69) is 20.2 Å². The maximum atomic E-state index is 13.5. The molecule has 1 unspecified atom stereocenters. The Labute approximate surface area is 248 Å². The first-order chi connectivity index (χ1) is 20.4. The predicted octanol–water partition coefficient (Wildman–Crippen LogP) is 5.64. The Kier molecular flexibility index (Phi) is 8.34. The Morgan fingerprint density at radius 1 is 1.05 bits per heavy atom. The van der Waals surface area contributed by atoms with Crippen molar-refractivity contribution in [1.82, 2.24) is 19.4 Å². The first-order valence-corrected chi connectivity index (χ1v) is 14.2. The molecule has 0 aliphatic carbocycles. The second-order valence-electron chi connectivity index (χ2n) is 10.6. The van der Waals surface area contributed by atoms with E-state index in [4.69, 9.17) is 16.3 Å². The fourth-order valence-electron chi connectivity index (χ4n) is 5.26. The molecule has 0 radical (unpaired) electrons. The van der Waals surface area contributed by atoms with E-state index in [9.17, 15) is 14.6 Å². The molecule has 0 amide bonds. The number of β-amino-alcohol motifs (C(OH)–C–C–N with tert-alkyl or cyclic N) is 2. The van der Waals surface area contributed by atoms with Crippen LogP contribution in [0.5, 0.6) is 5.75 Å². The highest BCUT2D eigenvalue weighted by Gasteiger charge is 2.22. The molecule has 2 atom stereocenters. The number of nitrogens with zero attached hydrogens (tertiary/aromatic N) is 4. The van der Waals surface area contributed by atoms with Gasteiger partial charge in [-0.3, -0.25) is 4.90 Å². The van der Waals surface area contributed by atoms with Crippen molar-refractivity contribution < 1.29 is 19.3 Å². The summed E-state index contributed by atoms with van der Waals surface area (Å²) in [4.78, 5) is 11.0. The Bertz CT molecular complexity index is 1700. The van der Waals surface area contributed by atoms with Crippen molar-refractivity contribution in [1.29, 1.82) is 0 Å². The van der Waals surface area contributed by atoms with Crippen molar-refractivity contribution in [2.45, 2.75) is 31.8 Å². The second-order valence-corrected chi connectivity index (χ2v) is 11.0. The number of likely N-dealkylation sites (tertiary alicyclic amines) is 1. The highest BCUT2D eigenvalue weighted by atomic mass is 35.5. The summed E-state index contributed by atoms with van der Waals surface area (Å²) >= 11 is 6.50. The van der Waals surface area contributed by atoms with Gasteiger partial charge in [0.2, 0.25) is 0 Å². The molecule has 3 aromatic carbocycles. The van der Waals surface area contributed by atoms with Crippen molar-refractivity contribution in [3.05, 3.63) is 102 Å². The van der Waals surface area contributed by atoms with Gasteiger partial charge in [-0.15, -0.1) is 0 Å². The van der Waals surface area contributed by atoms with Crippen LogP contribution < -0.4 is 10.1 Å². The summed E-state index contributed by atoms with van der Waals surface area (Å²) in [6, 6.07) is 19.7. The molecule has 1 aliphatic heterocycles. The summed E-state index contributed by atoms with van der Waals surface area (Å²) in [7, 11) is 0. The Morgan fingerprint density at radius 2 is 1.95 bits per heavy atom. The van der Waals surface area contributed by atoms with E-state index in [1.54, 1.807) is 24.3 Å². The van der Waals surface area contributed by atoms with Crippen LogP contribution in [0.15, 0.2) is 85.5 Å². The number of benzene rings is 3. The first-order valence-electron chi connectivity index (χ1n) is 13.8. The average Bonchev–Trinajstić information content (AvgIpc) is 3.61. The van der Waals surface area contributed by atoms with Crippen molar-refractivity contribution in [2.24, 2.45) is 0 Å². The van der Waals surface area contributed by atoms with Crippen molar-refractivity contribution in [2.75, 3.05) is 25.0 Å². The summed E-state index contributed by atoms with van der Waals surface area (Å²) in [5.74, 6) is 0.816. The number of aliphatic hydroxyl groups is 2. The van der Waals surface area contributed by atoms with E-state index in [1.165, 1.54) is 18.5 Å². The van der Waals surface area contributed by atoms with Crippen LogP contribution >= 0.6 is 11.6 Å². The third-order valence-electron chi connectivity index (χ3n) is 7.34. The normalized spacial score (nSPS) is 16.1. The fourth-order valence-corrected chi connectivity index (χ4v) is 5.49. The van der Waals surface area contributed by atoms with E-state index in [1.807, 2.05) is 47.3 Å². The zero-order chi connectivity index (χ0) is 29.1. The molecule has 5 aromatic rings. The molecule has 216 valence electrons. The van der Waals surface area contributed by atoms with Crippen molar-refractivity contribution >= 4 is 34.0 Å². The van der Waals surface area contributed by atoms with Gasteiger partial charge >= 0.3 is 0 Å². The summed E-state index contributed by atoms with van der Waals surface area (Å²) in [5.41, 5.74) is 4.24. The molecule has 1 aliphatic rings. The molecule has 1 saturated heterocycles. The SMILES string of the molecule is OC(CN1CC[C@@H](O)C1)Cn1ccc(-c2ccc3ncnc(Nc4ccc(OCc5cccc(F)c5)c(Cl)c4)c3c2)c1. The molecular weight excluding hydrogens is 557 g/mol. The van der Waals surface area contributed by atoms with Crippen LogP contribution in [-0.2, 0) is 13.2 Å². The largest absolute Gasteiger partial charge is 0.487 e. The van der Waals surface area contributed by atoms with Gasteiger partial charge in [0.05, 0.1) is 22.7 Å². The van der Waals surface area contributed by atoms with Crippen LogP contribution in [0.4, 0.5) is 15.9 Å². The Hall–Kier alpha value is -4.02. The molecule has 3 heterocycles. The maximum absolute atomic E-state index is 13.5. The van der Waals surface area contributed by atoms with E-state index in [0.29, 0.717) is 41.8 Å². The van der Waals surface area contributed by atoms with Crippen LogP contribution in [0.1, 0.15) is 12.0 Å². The lowest BCUT2D eigenvalue weighted by molar-refractivity contribution is 0.0997. The van der Waals surface area contributed by atoms with Gasteiger partial charge in [-0.25, -0.2) is 14.4 Å². The minimum absolute atomic E-state index is 0.201. The Morgan fingerprint density at radius 3 is 2.76 bits per heavy atom. The van der Waals surface area contributed by atoms with Crippen LogP contribution in [0.3, 0.4) is 0 Å². The fraction of sp³-hybridized carbons (Fsp3) is 0.250. The molecule has 42 heavy (non-hydrogen) atoms. The first kappa shape index (κ1) is 28.1. The molecule has 0 saturated carbocycles. The number of anilines is 2. The van der Waals surface area contributed by atoms with Gasteiger partial charge in [-0.05, 0) is 71.6 Å². The van der Waals surface area contributed by atoms with Gasteiger partial charge in [0.15, 0.2) is 0 Å². The molecule has 1 fully saturated rings. The lowest BCUT2D eigenvalue weighted by atomic mass is 10.1. The number of ether oxygens (including phenoxy) is 1. The van der Waals surface area contributed by atoms with E-state index >= 15 is 0 Å². The summed E-state index contributed by atoms with van der Waals surface area (Å²) in [6.45, 7) is 2.64. The number of aromatic nitrogens is 3. The maximum Gasteiger partial charge on any atom is 0.141 e. The molecule has 6 rings (SSSR count). The molecule has 0 spiro atoms. The average molecular weight is 588 g/mol. The van der Waals surface area contributed by atoms with Gasteiger partial charge in [-0.2, -0.15) is 0 Å². The van der Waals surface area contributed by atoms with Crippen LogP contribution in [0, 0.1) is 5.82 Å². The van der Waals surface area contributed by atoms with E-state index in [0.717, 1.165) is 40.7 Å². The third kappa shape index (κ3) is 6.71. The molecular formula is C32H31ClFN5O3. The zero-order valence-corrected chi connectivity index (χ0v) is 23.6. The highest BCUT2D eigenvalue weighted by molar-refractivity contribution is 6.32. The monoisotopic (exact) mass is 587 g/mol. The lowest BCUT2D eigenvalue weighted by Gasteiger charge is -2.19. The smallest absolute Gasteiger partial charge is 0.141 e. The van der Waals surface area contributed by atoms with Gasteiger partial charge < -0.3 is 24.8 Å². The topological polar surface area (TPSA) is 95.7 Å². The summed E-state index contributed by atoms with van der Waals surface area (Å²) in [5, 5.41) is 24.9. The summed E-state index contributed by atoms with van der Waals surface area (Å²) in [6.07, 6.45) is 5.43. The number of nitrogens with one attached hydrogen (secondary N) is 1. The van der Waals surface area contributed by atoms with Crippen molar-refractivity contribution in [3.8, 4) is 16.9 Å². The molecule has 8 nitrogen and oxygen atoms in total. The summed E-state index contributed by atoms with van der Waals surface area (Å²) < 4.78 is 21.2. The molecule has 2 aromatic heterocycles. The van der Waals surface area contributed by atoms with E-state index in [-0.39, 0.29) is 18.5 Å². The van der Waals surface area contributed by atoms with Crippen LogP contribution in [0.2, 0.25) is 5.02 Å². The molecule has 10 heteroatoms. The molecule has 0 bridgehead atoms.